The zero-order chi connectivity index (χ0) is 14.5. The molecule has 20 heavy (non-hydrogen) atoms. The van der Waals surface area contributed by atoms with Gasteiger partial charge in [-0.15, -0.1) is 0 Å². The molecule has 0 aliphatic heterocycles. The van der Waals surface area contributed by atoms with Crippen LogP contribution in [0.25, 0.3) is 0 Å². The van der Waals surface area contributed by atoms with Crippen molar-refractivity contribution >= 4 is 33.2 Å². The monoisotopic (exact) mass is 353 g/mol. The zero-order valence-electron chi connectivity index (χ0n) is 11.5. The Labute approximate surface area is 133 Å². The first-order valence-corrected chi connectivity index (χ1v) is 7.66. The van der Waals surface area contributed by atoms with Gasteiger partial charge >= 0.3 is 0 Å². The first kappa shape index (κ1) is 15.2. The van der Waals surface area contributed by atoms with Crippen molar-refractivity contribution in [1.82, 2.24) is 0 Å². The van der Waals surface area contributed by atoms with Gasteiger partial charge in [0.25, 0.3) is 0 Å². The Morgan fingerprint density at radius 2 is 2.00 bits per heavy atom. The average molecular weight is 355 g/mol. The van der Waals surface area contributed by atoms with E-state index in [0.717, 1.165) is 22.5 Å². The molecule has 0 heterocycles. The second-order valence-corrected chi connectivity index (χ2v) is 6.06. The van der Waals surface area contributed by atoms with Crippen LogP contribution in [0.4, 0.5) is 5.69 Å². The van der Waals surface area contributed by atoms with Crippen LogP contribution in [0.2, 0.25) is 5.02 Å². The molecule has 0 radical (unpaired) electrons. The van der Waals surface area contributed by atoms with Crippen LogP contribution >= 0.6 is 27.5 Å². The number of rotatable bonds is 5. The summed E-state index contributed by atoms with van der Waals surface area (Å²) >= 11 is 9.39. The summed E-state index contributed by atoms with van der Waals surface area (Å²) in [5, 5.41) is 4.08. The van der Waals surface area contributed by atoms with E-state index in [1.165, 1.54) is 5.56 Å². The molecule has 0 fully saturated rings. The third kappa shape index (κ3) is 4.43. The average Bonchev–Trinajstić information content (AvgIpc) is 2.40. The van der Waals surface area contributed by atoms with Gasteiger partial charge in [-0.05, 0) is 65.7 Å². The normalized spacial score (nSPS) is 10.7. The molecule has 2 aromatic rings. The minimum atomic E-state index is 0.186. The molecule has 0 aromatic heterocycles. The molecule has 2 aromatic carbocycles. The van der Waals surface area contributed by atoms with Crippen molar-refractivity contribution in [2.45, 2.75) is 26.5 Å². The van der Waals surface area contributed by atoms with Crippen LogP contribution in [0.5, 0.6) is 5.75 Å². The summed E-state index contributed by atoms with van der Waals surface area (Å²) in [5.41, 5.74) is 2.20. The number of hydrogen-bond donors (Lipinski definition) is 1. The van der Waals surface area contributed by atoms with Crippen LogP contribution in [-0.4, -0.2) is 6.10 Å². The molecule has 106 valence electrons. The third-order valence-electron chi connectivity index (χ3n) is 2.69. The number of benzene rings is 2. The van der Waals surface area contributed by atoms with Gasteiger partial charge in [-0.2, -0.15) is 0 Å². The second kappa shape index (κ2) is 7.00. The molecule has 0 unspecified atom stereocenters. The van der Waals surface area contributed by atoms with E-state index in [4.69, 9.17) is 16.3 Å². The fourth-order valence-corrected chi connectivity index (χ4v) is 2.31. The maximum absolute atomic E-state index is 5.98. The maximum atomic E-state index is 5.98. The number of hydrogen-bond acceptors (Lipinski definition) is 2. The Balaban J connectivity index is 2.01. The van der Waals surface area contributed by atoms with Crippen LogP contribution in [-0.2, 0) is 6.54 Å². The predicted molar refractivity (Wildman–Crippen MR) is 88.7 cm³/mol. The SMILES string of the molecule is CC(C)Oc1cccc(CNc2ccc(Cl)c(Br)c2)c1. The fraction of sp³-hybridized carbons (Fsp3) is 0.250. The number of halogens is 2. The number of ether oxygens (including phenoxy) is 1. The lowest BCUT2D eigenvalue weighted by Gasteiger charge is -2.12. The lowest BCUT2D eigenvalue weighted by molar-refractivity contribution is 0.242. The van der Waals surface area contributed by atoms with Gasteiger partial charge in [0.15, 0.2) is 0 Å². The van der Waals surface area contributed by atoms with Crippen molar-refractivity contribution in [3.05, 3.63) is 57.5 Å². The highest BCUT2D eigenvalue weighted by atomic mass is 79.9. The molecule has 2 nitrogen and oxygen atoms in total. The first-order valence-electron chi connectivity index (χ1n) is 6.49. The highest BCUT2D eigenvalue weighted by Crippen LogP contribution is 2.26. The van der Waals surface area contributed by atoms with Gasteiger partial charge in [0.2, 0.25) is 0 Å². The van der Waals surface area contributed by atoms with Crippen LogP contribution in [0.15, 0.2) is 46.9 Å². The molecule has 4 heteroatoms. The molecule has 0 spiro atoms. The van der Waals surface area contributed by atoms with Gasteiger partial charge in [-0.1, -0.05) is 23.7 Å². The van der Waals surface area contributed by atoms with Crippen molar-refractivity contribution in [3.8, 4) is 5.75 Å². The quantitative estimate of drug-likeness (QED) is 0.765. The van der Waals surface area contributed by atoms with Crippen LogP contribution < -0.4 is 10.1 Å². The van der Waals surface area contributed by atoms with E-state index in [9.17, 15) is 0 Å². The molecular formula is C16H17BrClNO. The smallest absolute Gasteiger partial charge is 0.120 e. The summed E-state index contributed by atoms with van der Waals surface area (Å²) in [5.74, 6) is 0.900. The number of nitrogens with one attached hydrogen (secondary N) is 1. The molecule has 0 saturated carbocycles. The van der Waals surface area contributed by atoms with Crippen LogP contribution in [0, 0.1) is 0 Å². The van der Waals surface area contributed by atoms with Crippen molar-refractivity contribution < 1.29 is 4.74 Å². The van der Waals surface area contributed by atoms with Gasteiger partial charge in [-0.3, -0.25) is 0 Å². The first-order chi connectivity index (χ1) is 9.54. The second-order valence-electron chi connectivity index (χ2n) is 4.80. The van der Waals surface area contributed by atoms with E-state index in [2.05, 4.69) is 33.4 Å². The van der Waals surface area contributed by atoms with E-state index in [-0.39, 0.29) is 6.10 Å². The van der Waals surface area contributed by atoms with Crippen molar-refractivity contribution in [2.24, 2.45) is 0 Å². The fourth-order valence-electron chi connectivity index (χ4n) is 1.81. The summed E-state index contributed by atoms with van der Waals surface area (Å²) < 4.78 is 6.58. The van der Waals surface area contributed by atoms with E-state index >= 15 is 0 Å². The van der Waals surface area contributed by atoms with E-state index in [1.807, 2.05) is 44.2 Å². The molecule has 0 aliphatic rings. The Hall–Kier alpha value is -1.19. The molecule has 0 amide bonds. The highest BCUT2D eigenvalue weighted by molar-refractivity contribution is 9.10. The van der Waals surface area contributed by atoms with E-state index < -0.39 is 0 Å². The van der Waals surface area contributed by atoms with E-state index in [1.54, 1.807) is 0 Å². The standard InChI is InChI=1S/C16H17BrClNO/c1-11(2)20-14-5-3-4-12(8-14)10-19-13-6-7-16(18)15(17)9-13/h3-9,11,19H,10H2,1-2H3. The minimum Gasteiger partial charge on any atom is -0.491 e. The van der Waals surface area contributed by atoms with Crippen LogP contribution in [0.1, 0.15) is 19.4 Å². The Bertz CT molecular complexity index is 586. The Morgan fingerprint density at radius 1 is 1.20 bits per heavy atom. The Kier molecular flexibility index (Phi) is 5.32. The summed E-state index contributed by atoms with van der Waals surface area (Å²) in [6.45, 7) is 4.79. The molecule has 0 aliphatic carbocycles. The van der Waals surface area contributed by atoms with Crippen LogP contribution in [0.3, 0.4) is 0 Å². The topological polar surface area (TPSA) is 21.3 Å². The molecule has 2 rings (SSSR count). The van der Waals surface area contributed by atoms with Gasteiger partial charge in [-0.25, -0.2) is 0 Å². The third-order valence-corrected chi connectivity index (χ3v) is 3.90. The summed E-state index contributed by atoms with van der Waals surface area (Å²) in [6.07, 6.45) is 0.186. The molecule has 1 N–H and O–H groups in total. The molecular weight excluding hydrogens is 338 g/mol. The largest absolute Gasteiger partial charge is 0.491 e. The highest BCUT2D eigenvalue weighted by Gasteiger charge is 2.01. The molecule has 0 bridgehead atoms. The minimum absolute atomic E-state index is 0.186. The summed E-state index contributed by atoms with van der Waals surface area (Å²) in [6, 6.07) is 13.9. The van der Waals surface area contributed by atoms with Gasteiger partial charge in [0.05, 0.1) is 11.1 Å². The molecule has 0 atom stereocenters. The lowest BCUT2D eigenvalue weighted by Crippen LogP contribution is -2.06. The van der Waals surface area contributed by atoms with Gasteiger partial charge in [0.1, 0.15) is 5.75 Å². The van der Waals surface area contributed by atoms with Gasteiger partial charge in [0, 0.05) is 16.7 Å². The van der Waals surface area contributed by atoms with E-state index in [0.29, 0.717) is 5.02 Å². The predicted octanol–water partition coefficient (Wildman–Crippen LogP) is 5.50. The van der Waals surface area contributed by atoms with Gasteiger partial charge < -0.3 is 10.1 Å². The summed E-state index contributed by atoms with van der Waals surface area (Å²) in [4.78, 5) is 0. The summed E-state index contributed by atoms with van der Waals surface area (Å²) in [7, 11) is 0. The lowest BCUT2D eigenvalue weighted by atomic mass is 10.2. The molecule has 0 saturated heterocycles. The van der Waals surface area contributed by atoms with Crippen molar-refractivity contribution in [3.63, 3.8) is 0 Å². The Morgan fingerprint density at radius 3 is 2.70 bits per heavy atom. The van der Waals surface area contributed by atoms with Crippen molar-refractivity contribution in [2.75, 3.05) is 5.32 Å². The zero-order valence-corrected chi connectivity index (χ0v) is 13.8. The number of anilines is 1. The van der Waals surface area contributed by atoms with Crippen molar-refractivity contribution in [1.29, 1.82) is 0 Å². The maximum Gasteiger partial charge on any atom is 0.120 e.